The minimum Gasteiger partial charge on any atom is -0.345 e. The second kappa shape index (κ2) is 8.04. The Balaban J connectivity index is 1.53. The average Bonchev–Trinajstić information content (AvgIpc) is 3.29. The van der Waals surface area contributed by atoms with Gasteiger partial charge in [0, 0.05) is 23.4 Å². The predicted octanol–water partition coefficient (Wildman–Crippen LogP) is 2.92. The van der Waals surface area contributed by atoms with Crippen molar-refractivity contribution in [3.05, 3.63) is 82.2 Å². The lowest BCUT2D eigenvalue weighted by Gasteiger charge is -2.15. The monoisotopic (exact) mass is 424 g/mol. The zero-order chi connectivity index (χ0) is 21.3. The van der Waals surface area contributed by atoms with Gasteiger partial charge in [-0.25, -0.2) is 13.1 Å². The minimum absolute atomic E-state index is 0.161. The quantitative estimate of drug-likeness (QED) is 0.566. The van der Waals surface area contributed by atoms with Gasteiger partial charge < -0.3 is 5.32 Å². The van der Waals surface area contributed by atoms with Gasteiger partial charge in [-0.3, -0.25) is 9.89 Å². The van der Waals surface area contributed by atoms with Gasteiger partial charge in [-0.15, -0.1) is 0 Å². The van der Waals surface area contributed by atoms with Crippen LogP contribution in [0.2, 0.25) is 0 Å². The number of aryl methyl sites for hydroxylation is 3. The van der Waals surface area contributed by atoms with E-state index in [1.165, 1.54) is 0 Å². The molecule has 2 aromatic carbocycles. The van der Waals surface area contributed by atoms with Crippen molar-refractivity contribution in [3.63, 3.8) is 0 Å². The Bertz CT molecular complexity index is 1170. The Morgan fingerprint density at radius 1 is 1.17 bits per heavy atom. The van der Waals surface area contributed by atoms with Gasteiger partial charge in [0.15, 0.2) is 0 Å². The molecule has 7 nitrogen and oxygen atoms in total. The van der Waals surface area contributed by atoms with Crippen molar-refractivity contribution < 1.29 is 13.2 Å². The van der Waals surface area contributed by atoms with Crippen LogP contribution in [-0.4, -0.2) is 24.5 Å². The molecule has 0 saturated heterocycles. The minimum atomic E-state index is -3.70. The van der Waals surface area contributed by atoms with Gasteiger partial charge in [0.25, 0.3) is 5.91 Å². The van der Waals surface area contributed by atoms with E-state index < -0.39 is 10.0 Å². The van der Waals surface area contributed by atoms with Gasteiger partial charge >= 0.3 is 0 Å². The molecule has 30 heavy (non-hydrogen) atoms. The third-order valence-corrected chi connectivity index (χ3v) is 6.97. The first-order valence-electron chi connectivity index (χ1n) is 9.84. The summed E-state index contributed by atoms with van der Waals surface area (Å²) in [4.78, 5) is 12.7. The van der Waals surface area contributed by atoms with E-state index >= 15 is 0 Å². The van der Waals surface area contributed by atoms with Crippen molar-refractivity contribution >= 4 is 15.9 Å². The highest BCUT2D eigenvalue weighted by atomic mass is 32.2. The van der Waals surface area contributed by atoms with E-state index in [9.17, 15) is 13.2 Å². The summed E-state index contributed by atoms with van der Waals surface area (Å²) < 4.78 is 28.4. The highest BCUT2D eigenvalue weighted by Gasteiger charge is 2.27. The molecule has 0 fully saturated rings. The van der Waals surface area contributed by atoms with E-state index in [0.717, 1.165) is 40.9 Å². The molecule has 1 aliphatic rings. The van der Waals surface area contributed by atoms with Crippen molar-refractivity contribution in [1.82, 2.24) is 20.2 Å². The Hall–Kier alpha value is -2.97. The summed E-state index contributed by atoms with van der Waals surface area (Å²) in [6, 6.07) is 13.9. The number of carbonyl (C=O) groups is 1. The smallest absolute Gasteiger partial charge is 0.251 e. The zero-order valence-electron chi connectivity index (χ0n) is 16.9. The van der Waals surface area contributed by atoms with Crippen LogP contribution in [0.4, 0.5) is 0 Å². The van der Waals surface area contributed by atoms with Gasteiger partial charge in [-0.2, -0.15) is 5.10 Å². The van der Waals surface area contributed by atoms with E-state index in [1.54, 1.807) is 24.3 Å². The number of hydrogen-bond donors (Lipinski definition) is 3. The highest BCUT2D eigenvalue weighted by Crippen LogP contribution is 2.33. The van der Waals surface area contributed by atoms with Gasteiger partial charge in [0.1, 0.15) is 0 Å². The SMILES string of the molecule is Cc1n[nH]c(C)c1CNS(=O)(=O)c1ccc2c(c1)[C@H](NC(=O)c1ccccc1)CC2. The zero-order valence-corrected chi connectivity index (χ0v) is 17.7. The Kier molecular flexibility index (Phi) is 5.44. The van der Waals surface area contributed by atoms with E-state index in [-0.39, 0.29) is 23.4 Å². The van der Waals surface area contributed by atoms with Crippen LogP contribution < -0.4 is 10.0 Å². The maximum absolute atomic E-state index is 12.9. The summed E-state index contributed by atoms with van der Waals surface area (Å²) in [5, 5.41) is 9.99. The first-order chi connectivity index (χ1) is 14.3. The molecule has 1 aliphatic carbocycles. The summed E-state index contributed by atoms with van der Waals surface area (Å²) in [6.45, 7) is 3.86. The molecule has 3 N–H and O–H groups in total. The van der Waals surface area contributed by atoms with Crippen molar-refractivity contribution in [2.75, 3.05) is 0 Å². The van der Waals surface area contributed by atoms with Gasteiger partial charge in [-0.05, 0) is 62.1 Å². The van der Waals surface area contributed by atoms with E-state index in [4.69, 9.17) is 0 Å². The lowest BCUT2D eigenvalue weighted by Crippen LogP contribution is -2.27. The summed E-state index contributed by atoms with van der Waals surface area (Å²) >= 11 is 0. The second-order valence-corrected chi connectivity index (χ2v) is 9.30. The lowest BCUT2D eigenvalue weighted by atomic mass is 10.1. The number of hydrogen-bond acceptors (Lipinski definition) is 4. The maximum Gasteiger partial charge on any atom is 0.251 e. The van der Waals surface area contributed by atoms with Crippen LogP contribution in [0.25, 0.3) is 0 Å². The van der Waals surface area contributed by atoms with E-state index in [1.807, 2.05) is 38.1 Å². The molecule has 0 radical (unpaired) electrons. The molecule has 1 heterocycles. The maximum atomic E-state index is 12.9. The van der Waals surface area contributed by atoms with Crippen molar-refractivity contribution in [2.45, 2.75) is 44.2 Å². The number of rotatable bonds is 6. The largest absolute Gasteiger partial charge is 0.345 e. The van der Waals surface area contributed by atoms with Crippen LogP contribution in [0, 0.1) is 13.8 Å². The molecule has 1 aromatic heterocycles. The molecule has 4 rings (SSSR count). The Morgan fingerprint density at radius 2 is 1.93 bits per heavy atom. The molecule has 3 aromatic rings. The number of aromatic amines is 1. The van der Waals surface area contributed by atoms with Crippen LogP contribution in [0.5, 0.6) is 0 Å². The van der Waals surface area contributed by atoms with Crippen molar-refractivity contribution in [1.29, 1.82) is 0 Å². The van der Waals surface area contributed by atoms with Crippen molar-refractivity contribution in [2.24, 2.45) is 0 Å². The van der Waals surface area contributed by atoms with Crippen LogP contribution in [0.3, 0.4) is 0 Å². The van der Waals surface area contributed by atoms with E-state index in [2.05, 4.69) is 20.2 Å². The number of nitrogens with zero attached hydrogens (tertiary/aromatic N) is 1. The molecule has 0 bridgehead atoms. The number of benzene rings is 2. The third-order valence-electron chi connectivity index (χ3n) is 5.57. The Labute approximate surface area is 176 Å². The summed E-state index contributed by atoms with van der Waals surface area (Å²) in [6.07, 6.45) is 1.55. The first kappa shape index (κ1) is 20.3. The van der Waals surface area contributed by atoms with Crippen LogP contribution in [0.1, 0.15) is 50.9 Å². The summed E-state index contributed by atoms with van der Waals surface area (Å²) in [5.41, 5.74) is 4.96. The molecule has 0 spiro atoms. The molecular formula is C22H24N4O3S. The number of aromatic nitrogens is 2. The average molecular weight is 425 g/mol. The molecule has 0 unspecified atom stereocenters. The number of carbonyl (C=O) groups excluding carboxylic acids is 1. The summed E-state index contributed by atoms with van der Waals surface area (Å²) in [5.74, 6) is -0.161. The third kappa shape index (κ3) is 4.01. The van der Waals surface area contributed by atoms with Gasteiger partial charge in [-0.1, -0.05) is 24.3 Å². The van der Waals surface area contributed by atoms with E-state index in [0.29, 0.717) is 5.56 Å². The fourth-order valence-corrected chi connectivity index (χ4v) is 4.84. The second-order valence-electron chi connectivity index (χ2n) is 7.53. The van der Waals surface area contributed by atoms with Gasteiger partial charge in [0.2, 0.25) is 10.0 Å². The van der Waals surface area contributed by atoms with Gasteiger partial charge in [0.05, 0.1) is 16.6 Å². The molecule has 0 saturated carbocycles. The number of nitrogens with one attached hydrogen (secondary N) is 3. The number of amides is 1. The normalized spacial score (nSPS) is 15.7. The molecule has 0 aliphatic heterocycles. The fraction of sp³-hybridized carbons (Fsp3) is 0.273. The summed E-state index contributed by atoms with van der Waals surface area (Å²) in [7, 11) is -3.70. The topological polar surface area (TPSA) is 104 Å². The predicted molar refractivity (Wildman–Crippen MR) is 113 cm³/mol. The molecule has 1 atom stereocenters. The highest BCUT2D eigenvalue weighted by molar-refractivity contribution is 7.89. The molecular weight excluding hydrogens is 400 g/mol. The number of H-pyrrole nitrogens is 1. The Morgan fingerprint density at radius 3 is 2.63 bits per heavy atom. The van der Waals surface area contributed by atoms with Crippen molar-refractivity contribution in [3.8, 4) is 0 Å². The molecule has 1 amide bonds. The standard InChI is InChI=1S/C22H24N4O3S/c1-14-20(15(2)26-25-14)13-23-30(28,29)18-10-8-16-9-11-21(19(16)12-18)24-22(27)17-6-4-3-5-7-17/h3-8,10,12,21,23H,9,11,13H2,1-2H3,(H,24,27)(H,25,26)/t21-/m1/s1. The van der Waals surface area contributed by atoms with Crippen LogP contribution in [-0.2, 0) is 23.0 Å². The lowest BCUT2D eigenvalue weighted by molar-refractivity contribution is 0.0936. The fourth-order valence-electron chi connectivity index (χ4n) is 3.81. The van der Waals surface area contributed by atoms with Crippen LogP contribution >= 0.6 is 0 Å². The molecule has 8 heteroatoms. The number of fused-ring (bicyclic) bond motifs is 1. The number of sulfonamides is 1. The first-order valence-corrected chi connectivity index (χ1v) is 11.3. The van der Waals surface area contributed by atoms with Crippen LogP contribution in [0.15, 0.2) is 53.4 Å². The molecule has 156 valence electrons.